The predicted molar refractivity (Wildman–Crippen MR) is 50.8 cm³/mol. The van der Waals surface area contributed by atoms with Gasteiger partial charge in [0.1, 0.15) is 5.78 Å². The van der Waals surface area contributed by atoms with Crippen LogP contribution < -0.4 is 5.73 Å². The summed E-state index contributed by atoms with van der Waals surface area (Å²) in [5.74, 6) is 1.64. The second-order valence-electron chi connectivity index (χ2n) is 2.69. The van der Waals surface area contributed by atoms with Crippen LogP contribution in [0.15, 0.2) is 12.2 Å². The van der Waals surface area contributed by atoms with Crippen LogP contribution in [0.5, 0.6) is 0 Å². The van der Waals surface area contributed by atoms with Gasteiger partial charge in [0, 0.05) is 11.5 Å². The molecule has 0 rings (SSSR count). The lowest BCUT2D eigenvalue weighted by molar-refractivity contribution is -0.117. The second kappa shape index (κ2) is 5.38. The maximum absolute atomic E-state index is 10.7. The van der Waals surface area contributed by atoms with E-state index in [2.05, 4.69) is 6.58 Å². The number of hydrogen-bond acceptors (Lipinski definition) is 3. The van der Waals surface area contributed by atoms with E-state index >= 15 is 0 Å². The van der Waals surface area contributed by atoms with Crippen LogP contribution in [0.25, 0.3) is 0 Å². The first-order valence-electron chi connectivity index (χ1n) is 3.52. The van der Waals surface area contributed by atoms with Gasteiger partial charge in [0.05, 0.1) is 6.04 Å². The number of carbonyl (C=O) groups is 1. The molecule has 0 aliphatic heterocycles. The fourth-order valence-electron chi connectivity index (χ4n) is 0.477. The van der Waals surface area contributed by atoms with Crippen molar-refractivity contribution in [1.29, 1.82) is 0 Å². The van der Waals surface area contributed by atoms with Crippen molar-refractivity contribution in [2.45, 2.75) is 19.9 Å². The highest BCUT2D eigenvalue weighted by atomic mass is 32.2. The van der Waals surface area contributed by atoms with Gasteiger partial charge in [0.25, 0.3) is 0 Å². The molecule has 1 atom stereocenters. The summed E-state index contributed by atoms with van der Waals surface area (Å²) >= 11 is 1.65. The van der Waals surface area contributed by atoms with Crippen LogP contribution in [0.3, 0.4) is 0 Å². The molecule has 0 aliphatic rings. The Kier molecular flexibility index (Phi) is 5.24. The van der Waals surface area contributed by atoms with E-state index in [1.54, 1.807) is 11.8 Å². The van der Waals surface area contributed by atoms with E-state index in [1.807, 2.05) is 6.92 Å². The molecule has 0 bridgehead atoms. The van der Waals surface area contributed by atoms with E-state index in [-0.39, 0.29) is 11.8 Å². The van der Waals surface area contributed by atoms with Gasteiger partial charge < -0.3 is 5.73 Å². The molecule has 0 spiro atoms. The predicted octanol–water partition coefficient (Wildman–Crippen LogP) is 1.21. The molecule has 1 unspecified atom stereocenters. The van der Waals surface area contributed by atoms with Crippen molar-refractivity contribution in [1.82, 2.24) is 0 Å². The van der Waals surface area contributed by atoms with Crippen molar-refractivity contribution in [2.24, 2.45) is 5.73 Å². The topological polar surface area (TPSA) is 43.1 Å². The lowest BCUT2D eigenvalue weighted by Crippen LogP contribution is -2.30. The number of rotatable bonds is 5. The molecule has 0 aliphatic carbocycles. The zero-order valence-electron chi connectivity index (χ0n) is 7.09. The Morgan fingerprint density at radius 2 is 2.18 bits per heavy atom. The molecule has 0 aromatic carbocycles. The summed E-state index contributed by atoms with van der Waals surface area (Å²) < 4.78 is 0. The van der Waals surface area contributed by atoms with E-state index in [1.165, 1.54) is 6.92 Å². The summed E-state index contributed by atoms with van der Waals surface area (Å²) in [6.07, 6.45) is 0. The third-order valence-corrected chi connectivity index (χ3v) is 2.46. The fraction of sp³-hybridized carbons (Fsp3) is 0.625. The Morgan fingerprint density at radius 1 is 1.64 bits per heavy atom. The standard InChI is InChI=1S/C8H15NOS/c1-6(2)4-11-5-8(9)7(3)10/h8H,1,4-5,9H2,2-3H3. The van der Waals surface area contributed by atoms with Crippen molar-refractivity contribution in [3.8, 4) is 0 Å². The molecule has 0 aromatic heterocycles. The Hall–Kier alpha value is -0.280. The Bertz CT molecular complexity index is 156. The zero-order chi connectivity index (χ0) is 8.85. The third kappa shape index (κ3) is 6.13. The van der Waals surface area contributed by atoms with Gasteiger partial charge in [-0.25, -0.2) is 0 Å². The minimum atomic E-state index is -0.306. The van der Waals surface area contributed by atoms with Crippen molar-refractivity contribution in [2.75, 3.05) is 11.5 Å². The van der Waals surface area contributed by atoms with Crippen molar-refractivity contribution >= 4 is 17.5 Å². The summed E-state index contributed by atoms with van der Waals surface area (Å²) in [6.45, 7) is 7.23. The smallest absolute Gasteiger partial charge is 0.147 e. The Morgan fingerprint density at radius 3 is 2.55 bits per heavy atom. The van der Waals surface area contributed by atoms with E-state index in [4.69, 9.17) is 5.73 Å². The highest BCUT2D eigenvalue weighted by molar-refractivity contribution is 7.99. The maximum Gasteiger partial charge on any atom is 0.147 e. The monoisotopic (exact) mass is 173 g/mol. The maximum atomic E-state index is 10.7. The molecule has 0 heterocycles. The second-order valence-corrected chi connectivity index (χ2v) is 3.72. The number of Topliss-reactive ketones (excluding diaryl/α,β-unsaturated/α-hetero) is 1. The summed E-state index contributed by atoms with van der Waals surface area (Å²) in [4.78, 5) is 10.7. The summed E-state index contributed by atoms with van der Waals surface area (Å²) in [5, 5.41) is 0. The van der Waals surface area contributed by atoms with E-state index in [0.717, 1.165) is 11.3 Å². The van der Waals surface area contributed by atoms with Gasteiger partial charge in [0.2, 0.25) is 0 Å². The third-order valence-electron chi connectivity index (χ3n) is 1.17. The van der Waals surface area contributed by atoms with Crippen LogP contribution >= 0.6 is 11.8 Å². The first kappa shape index (κ1) is 10.7. The minimum Gasteiger partial charge on any atom is -0.321 e. The van der Waals surface area contributed by atoms with Crippen LogP contribution in [-0.2, 0) is 4.79 Å². The summed E-state index contributed by atoms with van der Waals surface area (Å²) in [6, 6.07) is -0.306. The molecular formula is C8H15NOS. The van der Waals surface area contributed by atoms with Gasteiger partial charge in [-0.05, 0) is 13.8 Å². The Labute approximate surface area is 72.2 Å². The molecule has 0 fully saturated rings. The Balaban J connectivity index is 3.39. The van der Waals surface area contributed by atoms with Crippen molar-refractivity contribution < 1.29 is 4.79 Å². The molecule has 3 heteroatoms. The van der Waals surface area contributed by atoms with Gasteiger partial charge in [0.15, 0.2) is 0 Å². The highest BCUT2D eigenvalue weighted by Crippen LogP contribution is 2.06. The molecular weight excluding hydrogens is 158 g/mol. The van der Waals surface area contributed by atoms with E-state index in [9.17, 15) is 4.79 Å². The molecule has 64 valence electrons. The summed E-state index contributed by atoms with van der Waals surface area (Å²) in [5.41, 5.74) is 6.62. The van der Waals surface area contributed by atoms with Crippen molar-refractivity contribution in [3.63, 3.8) is 0 Å². The highest BCUT2D eigenvalue weighted by Gasteiger charge is 2.06. The van der Waals surface area contributed by atoms with Crippen molar-refractivity contribution in [3.05, 3.63) is 12.2 Å². The molecule has 0 aromatic rings. The summed E-state index contributed by atoms with van der Waals surface area (Å²) in [7, 11) is 0. The van der Waals surface area contributed by atoms with Crippen LogP contribution in [0.4, 0.5) is 0 Å². The van der Waals surface area contributed by atoms with Gasteiger partial charge >= 0.3 is 0 Å². The lowest BCUT2D eigenvalue weighted by Gasteiger charge is -2.06. The molecule has 0 radical (unpaired) electrons. The van der Waals surface area contributed by atoms with E-state index < -0.39 is 0 Å². The SMILES string of the molecule is C=C(C)CSCC(N)C(C)=O. The molecule has 0 saturated heterocycles. The number of hydrogen-bond donors (Lipinski definition) is 1. The molecule has 2 N–H and O–H groups in total. The molecule has 2 nitrogen and oxygen atoms in total. The molecule has 11 heavy (non-hydrogen) atoms. The van der Waals surface area contributed by atoms with Crippen LogP contribution in [0, 0.1) is 0 Å². The number of ketones is 1. The van der Waals surface area contributed by atoms with Gasteiger partial charge in [-0.1, -0.05) is 12.2 Å². The molecule has 0 saturated carbocycles. The first-order chi connectivity index (χ1) is 5.04. The van der Waals surface area contributed by atoms with E-state index in [0.29, 0.717) is 5.75 Å². The lowest BCUT2D eigenvalue weighted by atomic mass is 10.3. The minimum absolute atomic E-state index is 0.0548. The fourth-order valence-corrected chi connectivity index (χ4v) is 1.43. The number of nitrogens with two attached hydrogens (primary N) is 1. The van der Waals surface area contributed by atoms with Gasteiger partial charge in [-0.2, -0.15) is 11.8 Å². The number of carbonyl (C=O) groups excluding carboxylic acids is 1. The normalized spacial score (nSPS) is 12.6. The van der Waals surface area contributed by atoms with Gasteiger partial charge in [-0.15, -0.1) is 0 Å². The largest absolute Gasteiger partial charge is 0.321 e. The quantitative estimate of drug-likeness (QED) is 0.635. The number of thioether (sulfide) groups is 1. The van der Waals surface area contributed by atoms with Crippen LogP contribution in [0.1, 0.15) is 13.8 Å². The van der Waals surface area contributed by atoms with Crippen LogP contribution in [0.2, 0.25) is 0 Å². The average Bonchev–Trinajstić information content (AvgIpc) is 1.86. The van der Waals surface area contributed by atoms with Gasteiger partial charge in [-0.3, -0.25) is 4.79 Å². The molecule has 0 amide bonds. The first-order valence-corrected chi connectivity index (χ1v) is 4.67. The van der Waals surface area contributed by atoms with Crippen LogP contribution in [-0.4, -0.2) is 23.3 Å². The average molecular weight is 173 g/mol. The zero-order valence-corrected chi connectivity index (χ0v) is 7.91.